The highest BCUT2D eigenvalue weighted by Crippen LogP contribution is 2.24. The maximum absolute atomic E-state index is 14.1. The number of aromatic nitrogens is 1. The van der Waals surface area contributed by atoms with Gasteiger partial charge in [0.2, 0.25) is 5.91 Å². The van der Waals surface area contributed by atoms with Crippen molar-refractivity contribution in [1.29, 1.82) is 0 Å². The van der Waals surface area contributed by atoms with Crippen molar-refractivity contribution in [3.05, 3.63) is 59.9 Å². The van der Waals surface area contributed by atoms with Crippen molar-refractivity contribution in [1.82, 2.24) is 5.16 Å². The van der Waals surface area contributed by atoms with Crippen molar-refractivity contribution >= 4 is 11.6 Å². The third kappa shape index (κ3) is 3.88. The number of carbonyl (C=O) groups excluding carboxylic acids is 1. The van der Waals surface area contributed by atoms with Crippen molar-refractivity contribution < 1.29 is 22.9 Å². The minimum absolute atomic E-state index is 0.0798. The van der Waals surface area contributed by atoms with Crippen LogP contribution >= 0.6 is 0 Å². The maximum Gasteiger partial charge on any atom is 0.250 e. The fourth-order valence-electron chi connectivity index (χ4n) is 2.13. The molecule has 2 aromatic heterocycles. The van der Waals surface area contributed by atoms with E-state index in [0.717, 1.165) is 0 Å². The Hall–Kier alpha value is -2.93. The minimum Gasteiger partial charge on any atom is -0.464 e. The molecule has 124 valence electrons. The Kier molecular flexibility index (Phi) is 4.72. The number of ether oxygens (including phenoxy) is 1. The quantitative estimate of drug-likeness (QED) is 0.748. The smallest absolute Gasteiger partial charge is 0.250 e. The fraction of sp³-hybridized carbons (Fsp3) is 0.176. The van der Waals surface area contributed by atoms with E-state index in [1.54, 1.807) is 31.2 Å². The third-order valence-corrected chi connectivity index (χ3v) is 3.21. The molecule has 0 radical (unpaired) electrons. The number of nitrogens with zero attached hydrogens (tertiary/aromatic N) is 1. The molecule has 0 saturated carbocycles. The Bertz CT molecular complexity index is 827. The Morgan fingerprint density at radius 3 is 2.88 bits per heavy atom. The van der Waals surface area contributed by atoms with E-state index in [0.29, 0.717) is 22.8 Å². The number of hydrogen-bond acceptors (Lipinski definition) is 5. The van der Waals surface area contributed by atoms with E-state index >= 15 is 0 Å². The molecule has 1 N–H and O–H groups in total. The molecule has 0 bridgehead atoms. The topological polar surface area (TPSA) is 77.5 Å². The number of aryl methyl sites for hydroxylation is 1. The van der Waals surface area contributed by atoms with E-state index in [2.05, 4.69) is 10.5 Å². The molecule has 0 aliphatic rings. The van der Waals surface area contributed by atoms with Crippen LogP contribution in [0.1, 0.15) is 11.5 Å². The van der Waals surface area contributed by atoms with Crippen LogP contribution in [0.25, 0.3) is 11.3 Å². The number of amides is 1. The van der Waals surface area contributed by atoms with Gasteiger partial charge >= 0.3 is 0 Å². The largest absolute Gasteiger partial charge is 0.464 e. The first-order valence-corrected chi connectivity index (χ1v) is 7.25. The first-order valence-electron chi connectivity index (χ1n) is 7.25. The molecule has 2 heterocycles. The molecule has 3 rings (SSSR count). The molecule has 0 aliphatic heterocycles. The second-order valence-electron chi connectivity index (χ2n) is 5.14. The first-order chi connectivity index (χ1) is 11.6. The minimum atomic E-state index is -0.552. The first kappa shape index (κ1) is 15.9. The van der Waals surface area contributed by atoms with Crippen molar-refractivity contribution in [2.45, 2.75) is 13.5 Å². The number of rotatable bonds is 6. The zero-order valence-corrected chi connectivity index (χ0v) is 12.9. The van der Waals surface area contributed by atoms with Crippen LogP contribution in [0.4, 0.5) is 10.1 Å². The van der Waals surface area contributed by atoms with Crippen LogP contribution in [-0.4, -0.2) is 17.7 Å². The summed E-state index contributed by atoms with van der Waals surface area (Å²) in [5.74, 6) is 0.207. The SMILES string of the molecule is Cc1cc(COCC(=O)Nc2ccc(-c3ccco3)cc2F)no1. The van der Waals surface area contributed by atoms with Gasteiger partial charge in [-0.05, 0) is 37.3 Å². The summed E-state index contributed by atoms with van der Waals surface area (Å²) in [6.45, 7) is 1.69. The number of benzene rings is 1. The van der Waals surface area contributed by atoms with Gasteiger partial charge in [-0.1, -0.05) is 5.16 Å². The molecule has 3 aromatic rings. The zero-order valence-electron chi connectivity index (χ0n) is 12.9. The summed E-state index contributed by atoms with van der Waals surface area (Å²) in [7, 11) is 0. The van der Waals surface area contributed by atoms with Crippen molar-refractivity contribution in [3.8, 4) is 11.3 Å². The fourth-order valence-corrected chi connectivity index (χ4v) is 2.13. The zero-order chi connectivity index (χ0) is 16.9. The van der Waals surface area contributed by atoms with Gasteiger partial charge in [-0.2, -0.15) is 0 Å². The van der Waals surface area contributed by atoms with Gasteiger partial charge in [-0.3, -0.25) is 4.79 Å². The standard InChI is InChI=1S/C17H15FN2O4/c1-11-7-13(20-24-11)9-22-10-17(21)19-15-5-4-12(8-14(15)18)16-3-2-6-23-16/h2-8H,9-10H2,1H3,(H,19,21). The Morgan fingerprint density at radius 2 is 2.21 bits per heavy atom. The highest BCUT2D eigenvalue weighted by atomic mass is 19.1. The van der Waals surface area contributed by atoms with Crippen molar-refractivity contribution in [2.24, 2.45) is 0 Å². The van der Waals surface area contributed by atoms with Gasteiger partial charge in [0, 0.05) is 11.6 Å². The summed E-state index contributed by atoms with van der Waals surface area (Å²) >= 11 is 0. The predicted octanol–water partition coefficient (Wildman–Crippen LogP) is 3.54. The molecular formula is C17H15FN2O4. The number of halogens is 1. The summed E-state index contributed by atoms with van der Waals surface area (Å²) in [5, 5.41) is 6.20. The Balaban J connectivity index is 1.54. The molecule has 6 nitrogen and oxygen atoms in total. The van der Waals surface area contributed by atoms with Gasteiger partial charge in [0.15, 0.2) is 0 Å². The lowest BCUT2D eigenvalue weighted by Gasteiger charge is -2.07. The number of hydrogen-bond donors (Lipinski definition) is 1. The third-order valence-electron chi connectivity index (χ3n) is 3.21. The monoisotopic (exact) mass is 330 g/mol. The summed E-state index contributed by atoms with van der Waals surface area (Å²) in [6.07, 6.45) is 1.51. The van der Waals surface area contributed by atoms with Gasteiger partial charge < -0.3 is 19.0 Å². The summed E-state index contributed by atoms with van der Waals surface area (Å²) in [6, 6.07) is 9.60. The molecule has 24 heavy (non-hydrogen) atoms. The number of carbonyl (C=O) groups is 1. The average Bonchev–Trinajstić information content (AvgIpc) is 3.21. The summed E-state index contributed by atoms with van der Waals surface area (Å²) in [4.78, 5) is 11.8. The molecule has 0 atom stereocenters. The number of anilines is 1. The van der Waals surface area contributed by atoms with E-state index < -0.39 is 11.7 Å². The average molecular weight is 330 g/mol. The van der Waals surface area contributed by atoms with Gasteiger partial charge in [-0.15, -0.1) is 0 Å². The van der Waals surface area contributed by atoms with Crippen LogP contribution in [0, 0.1) is 12.7 Å². The Labute approximate surface area is 137 Å². The molecule has 1 aromatic carbocycles. The van der Waals surface area contributed by atoms with Crippen LogP contribution in [0.15, 0.2) is 51.6 Å². The molecular weight excluding hydrogens is 315 g/mol. The second kappa shape index (κ2) is 7.10. The van der Waals surface area contributed by atoms with Gasteiger partial charge in [-0.25, -0.2) is 4.39 Å². The van der Waals surface area contributed by atoms with E-state index in [-0.39, 0.29) is 18.9 Å². The lowest BCUT2D eigenvalue weighted by Crippen LogP contribution is -2.19. The molecule has 7 heteroatoms. The van der Waals surface area contributed by atoms with Gasteiger partial charge in [0.05, 0.1) is 18.6 Å². The van der Waals surface area contributed by atoms with E-state index in [1.807, 2.05) is 0 Å². The van der Waals surface area contributed by atoms with E-state index in [1.165, 1.54) is 18.4 Å². The molecule has 0 saturated heterocycles. The molecule has 0 unspecified atom stereocenters. The van der Waals surface area contributed by atoms with E-state index in [4.69, 9.17) is 13.7 Å². The normalized spacial score (nSPS) is 10.8. The highest BCUT2D eigenvalue weighted by Gasteiger charge is 2.10. The summed E-state index contributed by atoms with van der Waals surface area (Å²) in [5.41, 5.74) is 1.26. The molecule has 0 fully saturated rings. The van der Waals surface area contributed by atoms with E-state index in [9.17, 15) is 9.18 Å². The highest BCUT2D eigenvalue weighted by molar-refractivity contribution is 5.92. The number of furan rings is 1. The molecule has 0 spiro atoms. The predicted molar refractivity (Wildman–Crippen MR) is 83.6 cm³/mol. The van der Waals surface area contributed by atoms with Crippen molar-refractivity contribution in [3.63, 3.8) is 0 Å². The lowest BCUT2D eigenvalue weighted by molar-refractivity contribution is -0.121. The second-order valence-corrected chi connectivity index (χ2v) is 5.14. The molecule has 1 amide bonds. The van der Waals surface area contributed by atoms with Crippen LogP contribution in [0.3, 0.4) is 0 Å². The Morgan fingerprint density at radius 1 is 1.33 bits per heavy atom. The molecule has 0 aliphatic carbocycles. The van der Waals surface area contributed by atoms with Crippen LogP contribution < -0.4 is 5.32 Å². The summed E-state index contributed by atoms with van der Waals surface area (Å²) < 4.78 is 29.4. The van der Waals surface area contributed by atoms with Gasteiger partial charge in [0.25, 0.3) is 0 Å². The van der Waals surface area contributed by atoms with Crippen LogP contribution in [0.2, 0.25) is 0 Å². The van der Waals surface area contributed by atoms with Gasteiger partial charge in [0.1, 0.15) is 29.6 Å². The van der Waals surface area contributed by atoms with Crippen molar-refractivity contribution in [2.75, 3.05) is 11.9 Å². The van der Waals surface area contributed by atoms with Crippen LogP contribution in [-0.2, 0) is 16.1 Å². The van der Waals surface area contributed by atoms with Crippen LogP contribution in [0.5, 0.6) is 0 Å². The number of nitrogens with one attached hydrogen (secondary N) is 1. The lowest BCUT2D eigenvalue weighted by atomic mass is 10.1. The maximum atomic E-state index is 14.1.